The van der Waals surface area contributed by atoms with Crippen LogP contribution in [0.4, 0.5) is 0 Å². The molecule has 21 heavy (non-hydrogen) atoms. The summed E-state index contributed by atoms with van der Waals surface area (Å²) in [5.41, 5.74) is 1.04. The van der Waals surface area contributed by atoms with Crippen molar-refractivity contribution in [3.63, 3.8) is 0 Å². The molecule has 0 aliphatic carbocycles. The minimum atomic E-state index is 0.261. The van der Waals surface area contributed by atoms with E-state index in [0.29, 0.717) is 18.5 Å². The van der Waals surface area contributed by atoms with Gasteiger partial charge >= 0.3 is 0 Å². The van der Waals surface area contributed by atoms with Gasteiger partial charge in [-0.3, -0.25) is 4.79 Å². The van der Waals surface area contributed by atoms with Crippen molar-refractivity contribution in [2.24, 2.45) is 0 Å². The summed E-state index contributed by atoms with van der Waals surface area (Å²) in [7, 11) is 0. The highest BCUT2D eigenvalue weighted by Crippen LogP contribution is 2.46. The van der Waals surface area contributed by atoms with Gasteiger partial charge < -0.3 is 9.64 Å². The number of likely N-dealkylation sites (tertiary alicyclic amines) is 1. The molecule has 7 heteroatoms. The monoisotopic (exact) mass is 344 g/mol. The summed E-state index contributed by atoms with van der Waals surface area (Å²) >= 11 is 5.24. The van der Waals surface area contributed by atoms with Crippen LogP contribution in [-0.2, 0) is 16.1 Å². The number of rotatable bonds is 5. The second-order valence-electron chi connectivity index (χ2n) is 5.67. The molecule has 2 aliphatic rings. The van der Waals surface area contributed by atoms with Gasteiger partial charge in [0.05, 0.1) is 33.9 Å². The normalized spacial score (nSPS) is 23.5. The Bertz CT molecular complexity index is 514. The minimum absolute atomic E-state index is 0.261. The van der Waals surface area contributed by atoms with Gasteiger partial charge in [0.15, 0.2) is 0 Å². The van der Waals surface area contributed by atoms with Crippen LogP contribution in [0.2, 0.25) is 0 Å². The first-order valence-electron chi connectivity index (χ1n) is 7.03. The van der Waals surface area contributed by atoms with Crippen LogP contribution in [0, 0.1) is 6.92 Å². The number of thioether (sulfide) groups is 2. The number of carbonyl (C=O) groups excluding carboxylic acids is 1. The molecule has 0 bridgehead atoms. The predicted molar refractivity (Wildman–Crippen MR) is 90.2 cm³/mol. The molecule has 1 spiro atoms. The van der Waals surface area contributed by atoms with E-state index in [0.717, 1.165) is 36.0 Å². The van der Waals surface area contributed by atoms with E-state index < -0.39 is 0 Å². The molecular formula is C14H20N2O2S3. The van der Waals surface area contributed by atoms with Crippen molar-refractivity contribution < 1.29 is 9.53 Å². The fraction of sp³-hybridized carbons (Fsp3) is 0.714. The van der Waals surface area contributed by atoms with Gasteiger partial charge in [0.25, 0.3) is 0 Å². The van der Waals surface area contributed by atoms with Gasteiger partial charge in [0.2, 0.25) is 5.91 Å². The first-order valence-corrected chi connectivity index (χ1v) is 10.3. The Kier molecular flexibility index (Phi) is 4.83. The molecule has 0 saturated carbocycles. The Morgan fingerprint density at radius 3 is 3.10 bits per heavy atom. The maximum atomic E-state index is 11.8. The van der Waals surface area contributed by atoms with Crippen LogP contribution >= 0.6 is 34.9 Å². The van der Waals surface area contributed by atoms with Gasteiger partial charge in [-0.1, -0.05) is 0 Å². The Morgan fingerprint density at radius 2 is 2.43 bits per heavy atom. The third-order valence-electron chi connectivity index (χ3n) is 3.89. The van der Waals surface area contributed by atoms with Crippen molar-refractivity contribution in [3.05, 3.63) is 16.1 Å². The fourth-order valence-electron chi connectivity index (χ4n) is 2.85. The van der Waals surface area contributed by atoms with Gasteiger partial charge in [-0.25, -0.2) is 4.98 Å². The van der Waals surface area contributed by atoms with Crippen molar-refractivity contribution in [1.82, 2.24) is 9.88 Å². The van der Waals surface area contributed by atoms with Crippen LogP contribution in [-0.4, -0.2) is 57.5 Å². The fourth-order valence-corrected chi connectivity index (χ4v) is 5.43. The minimum Gasteiger partial charge on any atom is -0.371 e. The number of ether oxygens (including phenoxy) is 1. The number of thiazole rings is 1. The summed E-state index contributed by atoms with van der Waals surface area (Å²) in [5.74, 6) is 1.91. The Balaban J connectivity index is 1.43. The zero-order valence-corrected chi connectivity index (χ0v) is 14.8. The zero-order valence-electron chi connectivity index (χ0n) is 12.3. The topological polar surface area (TPSA) is 42.4 Å². The van der Waals surface area contributed by atoms with E-state index in [1.165, 1.54) is 0 Å². The number of aromatic nitrogens is 1. The van der Waals surface area contributed by atoms with E-state index >= 15 is 0 Å². The quantitative estimate of drug-likeness (QED) is 0.821. The largest absolute Gasteiger partial charge is 0.371 e. The average molecular weight is 345 g/mol. The number of carbonyl (C=O) groups is 1. The van der Waals surface area contributed by atoms with E-state index in [9.17, 15) is 4.79 Å². The second kappa shape index (κ2) is 6.48. The molecule has 3 rings (SSSR count). The standard InChI is InChI=1S/C14H20N2O2S3/c1-10-15-11(5-20-10)4-18-12-3-14(21-6-12)8-16(9-14)13(17)7-19-2/h5,12H,3-4,6-9H2,1-2H3/t12-/m0/s1. The van der Waals surface area contributed by atoms with Gasteiger partial charge in [-0.05, 0) is 19.6 Å². The third kappa shape index (κ3) is 3.57. The molecule has 4 nitrogen and oxygen atoms in total. The van der Waals surface area contributed by atoms with E-state index in [1.54, 1.807) is 23.1 Å². The molecule has 2 fully saturated rings. The molecule has 2 saturated heterocycles. The zero-order chi connectivity index (χ0) is 14.9. The van der Waals surface area contributed by atoms with Crippen LogP contribution < -0.4 is 0 Å². The van der Waals surface area contributed by atoms with Crippen LogP contribution in [0.25, 0.3) is 0 Å². The highest BCUT2D eigenvalue weighted by atomic mass is 32.2. The van der Waals surface area contributed by atoms with E-state index in [-0.39, 0.29) is 10.7 Å². The van der Waals surface area contributed by atoms with Crippen molar-refractivity contribution in [1.29, 1.82) is 0 Å². The summed E-state index contributed by atoms with van der Waals surface area (Å²) < 4.78 is 6.25. The highest BCUT2D eigenvalue weighted by Gasteiger charge is 2.50. The molecule has 0 N–H and O–H groups in total. The summed E-state index contributed by atoms with van der Waals surface area (Å²) in [6.07, 6.45) is 3.33. The van der Waals surface area contributed by atoms with Crippen molar-refractivity contribution in [2.75, 3.05) is 30.9 Å². The molecular weight excluding hydrogens is 324 g/mol. The third-order valence-corrected chi connectivity index (χ3v) is 6.82. The van der Waals surface area contributed by atoms with Crippen molar-refractivity contribution in [3.8, 4) is 0 Å². The van der Waals surface area contributed by atoms with Crippen molar-refractivity contribution >= 4 is 40.8 Å². The lowest BCUT2D eigenvalue weighted by Crippen LogP contribution is -2.61. The smallest absolute Gasteiger partial charge is 0.232 e. The molecule has 2 aliphatic heterocycles. The van der Waals surface area contributed by atoms with Crippen LogP contribution in [0.15, 0.2) is 5.38 Å². The molecule has 0 aromatic carbocycles. The Labute approximate surface area is 138 Å². The van der Waals surface area contributed by atoms with Crippen LogP contribution in [0.5, 0.6) is 0 Å². The van der Waals surface area contributed by atoms with Gasteiger partial charge in [-0.15, -0.1) is 23.1 Å². The van der Waals surface area contributed by atoms with Gasteiger partial charge in [0, 0.05) is 24.2 Å². The predicted octanol–water partition coefficient (Wildman–Crippen LogP) is 2.42. The first kappa shape index (κ1) is 15.6. The van der Waals surface area contributed by atoms with E-state index in [1.807, 2.05) is 29.8 Å². The molecule has 116 valence electrons. The number of nitrogens with zero attached hydrogens (tertiary/aromatic N) is 2. The van der Waals surface area contributed by atoms with Crippen molar-refractivity contribution in [2.45, 2.75) is 30.8 Å². The molecule has 0 unspecified atom stereocenters. The number of amides is 1. The van der Waals surface area contributed by atoms with Crippen LogP contribution in [0.3, 0.4) is 0 Å². The molecule has 0 radical (unpaired) electrons. The molecule has 1 atom stereocenters. The second-order valence-corrected chi connectivity index (χ2v) is 9.09. The summed E-state index contributed by atoms with van der Waals surface area (Å²) in [6, 6.07) is 0. The highest BCUT2D eigenvalue weighted by molar-refractivity contribution is 8.01. The Hall–Kier alpha value is -0.240. The lowest BCUT2D eigenvalue weighted by molar-refractivity contribution is -0.133. The Morgan fingerprint density at radius 1 is 1.62 bits per heavy atom. The number of hydrogen-bond donors (Lipinski definition) is 0. The lowest BCUT2D eigenvalue weighted by Gasteiger charge is -2.47. The lowest BCUT2D eigenvalue weighted by atomic mass is 9.93. The summed E-state index contributed by atoms with van der Waals surface area (Å²) in [5, 5.41) is 3.16. The summed E-state index contributed by atoms with van der Waals surface area (Å²) in [4.78, 5) is 18.2. The summed E-state index contributed by atoms with van der Waals surface area (Å²) in [6.45, 7) is 4.42. The maximum Gasteiger partial charge on any atom is 0.232 e. The molecule has 1 aromatic heterocycles. The van der Waals surface area contributed by atoms with E-state index in [4.69, 9.17) is 4.74 Å². The average Bonchev–Trinajstić information content (AvgIpc) is 3.01. The molecule has 1 aromatic rings. The van der Waals surface area contributed by atoms with Crippen LogP contribution in [0.1, 0.15) is 17.1 Å². The molecule has 3 heterocycles. The van der Waals surface area contributed by atoms with Gasteiger partial charge in [0.1, 0.15) is 0 Å². The van der Waals surface area contributed by atoms with E-state index in [2.05, 4.69) is 10.4 Å². The maximum absolute atomic E-state index is 11.8. The number of hydrogen-bond acceptors (Lipinski definition) is 6. The SMILES string of the molecule is CSCC(=O)N1CC2(C[C@H](OCc3csc(C)n3)CS2)C1. The van der Waals surface area contributed by atoms with Gasteiger partial charge in [-0.2, -0.15) is 11.8 Å². The number of aryl methyl sites for hydroxylation is 1. The molecule has 1 amide bonds. The first-order chi connectivity index (χ1) is 10.1.